The molecule has 2 aromatic carbocycles. The fraction of sp³-hybridized carbons (Fsp3) is 0. The number of ether oxygens (including phenoxy) is 1. The number of aromatic nitrogens is 1. The van der Waals surface area contributed by atoms with E-state index in [1.54, 1.807) is 24.5 Å². The molecule has 1 aromatic heterocycles. The molecule has 3 heterocycles. The van der Waals surface area contributed by atoms with Gasteiger partial charge in [0.1, 0.15) is 16.6 Å². The van der Waals surface area contributed by atoms with Crippen molar-refractivity contribution in [3.63, 3.8) is 0 Å². The highest BCUT2D eigenvalue weighted by atomic mass is 35.5. The second kappa shape index (κ2) is 9.24. The lowest BCUT2D eigenvalue weighted by molar-refractivity contribution is -0.114. The molecule has 5 rings (SSSR count). The Morgan fingerprint density at radius 2 is 2.00 bits per heavy atom. The third-order valence-corrected chi connectivity index (χ3v) is 6.18. The number of hydrazone groups is 1. The number of fused-ring (bicyclic) bond motifs is 1. The predicted molar refractivity (Wildman–Crippen MR) is 131 cm³/mol. The first-order valence-corrected chi connectivity index (χ1v) is 11.3. The number of hydrogen-bond acceptors (Lipinski definition) is 7. The molecule has 0 fully saturated rings. The predicted octanol–water partition coefficient (Wildman–Crippen LogP) is 4.76. The van der Waals surface area contributed by atoms with E-state index in [9.17, 15) is 14.0 Å². The molecular weight excluding hydrogens is 493 g/mol. The number of aliphatic imine (C=N–C) groups is 1. The Kier molecular flexibility index (Phi) is 5.98. The fourth-order valence-electron chi connectivity index (χ4n) is 3.24. The summed E-state index contributed by atoms with van der Waals surface area (Å²) in [5, 5.41) is 15.1. The van der Waals surface area contributed by atoms with E-state index in [-0.39, 0.29) is 32.9 Å². The molecule has 8 nitrogen and oxygen atoms in total. The fourth-order valence-corrected chi connectivity index (χ4v) is 4.34. The minimum atomic E-state index is -0.893. The zero-order valence-electron chi connectivity index (χ0n) is 17.6. The molecule has 35 heavy (non-hydrogen) atoms. The van der Waals surface area contributed by atoms with Gasteiger partial charge in [0.2, 0.25) is 5.17 Å². The van der Waals surface area contributed by atoms with Crippen LogP contribution in [-0.2, 0) is 4.79 Å². The van der Waals surface area contributed by atoms with Crippen molar-refractivity contribution in [3.05, 3.63) is 100 Å². The summed E-state index contributed by atoms with van der Waals surface area (Å²) in [5.41, 5.74) is 1.00. The van der Waals surface area contributed by atoms with Crippen molar-refractivity contribution in [3.8, 4) is 5.75 Å². The third-order valence-electron chi connectivity index (χ3n) is 4.93. The molecule has 0 spiro atoms. The standard InChI is InChI=1S/C24H13ClFN5O3S/c25-17-11-13(7-8-19(17)34-23(33)15-5-1-2-6-18(15)26)10-16-20(27)31-24(29-21(16)32)35-22(30-31)14-4-3-9-28-12-14/h1-12,27H. The lowest BCUT2D eigenvalue weighted by Gasteiger charge is -2.20. The molecule has 2 aliphatic heterocycles. The summed E-state index contributed by atoms with van der Waals surface area (Å²) < 4.78 is 19.0. The number of halogens is 2. The lowest BCUT2D eigenvalue weighted by atomic mass is 10.1. The molecule has 1 N–H and O–H groups in total. The first-order chi connectivity index (χ1) is 16.9. The Morgan fingerprint density at radius 1 is 1.17 bits per heavy atom. The highest BCUT2D eigenvalue weighted by molar-refractivity contribution is 8.27. The molecule has 0 atom stereocenters. The Morgan fingerprint density at radius 3 is 2.74 bits per heavy atom. The zero-order valence-corrected chi connectivity index (χ0v) is 19.2. The van der Waals surface area contributed by atoms with Gasteiger partial charge in [-0.1, -0.05) is 29.8 Å². The summed E-state index contributed by atoms with van der Waals surface area (Å²) in [6, 6.07) is 13.4. The average molecular weight is 506 g/mol. The monoisotopic (exact) mass is 505 g/mol. The molecule has 0 radical (unpaired) electrons. The number of nitrogens with zero attached hydrogens (tertiary/aromatic N) is 4. The van der Waals surface area contributed by atoms with E-state index < -0.39 is 17.7 Å². The van der Waals surface area contributed by atoms with Gasteiger partial charge < -0.3 is 4.74 Å². The maximum absolute atomic E-state index is 13.8. The van der Waals surface area contributed by atoms with E-state index in [1.807, 2.05) is 6.07 Å². The molecular formula is C24H13ClFN5O3S. The number of pyridine rings is 1. The molecule has 0 unspecified atom stereocenters. The number of nitrogens with one attached hydrogen (secondary N) is 1. The van der Waals surface area contributed by atoms with E-state index >= 15 is 0 Å². The van der Waals surface area contributed by atoms with Crippen LogP contribution in [0.4, 0.5) is 4.39 Å². The van der Waals surface area contributed by atoms with Crippen LogP contribution in [0.25, 0.3) is 6.08 Å². The van der Waals surface area contributed by atoms with E-state index in [4.69, 9.17) is 21.7 Å². The van der Waals surface area contributed by atoms with Crippen molar-refractivity contribution in [1.82, 2.24) is 9.99 Å². The second-order valence-electron chi connectivity index (χ2n) is 7.23. The van der Waals surface area contributed by atoms with Gasteiger partial charge in [-0.25, -0.2) is 9.18 Å². The van der Waals surface area contributed by atoms with Gasteiger partial charge >= 0.3 is 5.97 Å². The Bertz CT molecular complexity index is 1490. The van der Waals surface area contributed by atoms with Crippen molar-refractivity contribution in [2.45, 2.75) is 0 Å². The largest absolute Gasteiger partial charge is 0.421 e. The molecule has 2 aliphatic rings. The lowest BCUT2D eigenvalue weighted by Crippen LogP contribution is -2.35. The minimum absolute atomic E-state index is 0.0118. The topological polar surface area (TPSA) is 108 Å². The Hall–Kier alpha value is -4.15. The number of rotatable bonds is 4. The summed E-state index contributed by atoms with van der Waals surface area (Å²) >= 11 is 7.43. The van der Waals surface area contributed by atoms with Crippen LogP contribution < -0.4 is 4.74 Å². The normalized spacial score (nSPS) is 16.2. The molecule has 0 aliphatic carbocycles. The molecule has 1 amide bonds. The van der Waals surface area contributed by atoms with Crippen LogP contribution in [0, 0.1) is 11.2 Å². The molecule has 11 heteroatoms. The number of carbonyl (C=O) groups excluding carboxylic acids is 2. The van der Waals surface area contributed by atoms with Gasteiger partial charge in [-0.2, -0.15) is 15.1 Å². The summed E-state index contributed by atoms with van der Waals surface area (Å²) in [7, 11) is 0. The van der Waals surface area contributed by atoms with E-state index in [2.05, 4.69) is 15.1 Å². The van der Waals surface area contributed by atoms with Crippen molar-refractivity contribution in [1.29, 1.82) is 5.41 Å². The van der Waals surface area contributed by atoms with Crippen molar-refractivity contribution in [2.75, 3.05) is 0 Å². The number of thioether (sulfide) groups is 1. The first-order valence-electron chi connectivity index (χ1n) is 10.1. The van der Waals surface area contributed by atoms with Gasteiger partial charge in [-0.3, -0.25) is 15.2 Å². The number of amidine groups is 2. The Labute approximate surface area is 207 Å². The molecule has 3 aromatic rings. The van der Waals surface area contributed by atoms with Crippen molar-refractivity contribution >= 4 is 57.4 Å². The number of carbonyl (C=O) groups is 2. The van der Waals surface area contributed by atoms with Crippen LogP contribution in [-0.4, -0.2) is 37.9 Å². The average Bonchev–Trinajstić information content (AvgIpc) is 3.28. The molecule has 0 saturated carbocycles. The van der Waals surface area contributed by atoms with E-state index in [1.165, 1.54) is 53.2 Å². The zero-order chi connectivity index (χ0) is 24.5. The van der Waals surface area contributed by atoms with Gasteiger partial charge in [-0.05, 0) is 59.8 Å². The molecule has 0 saturated heterocycles. The summed E-state index contributed by atoms with van der Waals surface area (Å²) in [6.07, 6.45) is 4.72. The van der Waals surface area contributed by atoms with Crippen LogP contribution in [0.1, 0.15) is 21.5 Å². The first kappa shape index (κ1) is 22.6. The van der Waals surface area contributed by atoms with Crippen LogP contribution in [0.2, 0.25) is 5.02 Å². The highest BCUT2D eigenvalue weighted by Gasteiger charge is 2.36. The SMILES string of the molecule is N=C1C(=Cc2ccc(OC(=O)c3ccccc3F)c(Cl)c2)C(=O)N=C2SC(c3cccnc3)=NN12. The van der Waals surface area contributed by atoms with Gasteiger partial charge in [0.25, 0.3) is 5.91 Å². The van der Waals surface area contributed by atoms with Gasteiger partial charge in [-0.15, -0.1) is 0 Å². The highest BCUT2D eigenvalue weighted by Crippen LogP contribution is 2.32. The molecule has 172 valence electrons. The quantitative estimate of drug-likeness (QED) is 0.311. The summed E-state index contributed by atoms with van der Waals surface area (Å²) in [5.74, 6) is -2.32. The van der Waals surface area contributed by atoms with Crippen LogP contribution in [0.15, 0.2) is 82.7 Å². The smallest absolute Gasteiger partial charge is 0.346 e. The number of hydrogen-bond donors (Lipinski definition) is 1. The second-order valence-corrected chi connectivity index (χ2v) is 8.59. The van der Waals surface area contributed by atoms with Crippen LogP contribution >= 0.6 is 23.4 Å². The van der Waals surface area contributed by atoms with Gasteiger partial charge in [0.15, 0.2) is 5.84 Å². The Balaban J connectivity index is 1.38. The van der Waals surface area contributed by atoms with Gasteiger partial charge in [0.05, 0.1) is 16.2 Å². The summed E-state index contributed by atoms with van der Waals surface area (Å²) in [6.45, 7) is 0. The van der Waals surface area contributed by atoms with Crippen molar-refractivity contribution < 1.29 is 18.7 Å². The maximum atomic E-state index is 13.8. The summed E-state index contributed by atoms with van der Waals surface area (Å²) in [4.78, 5) is 33.0. The maximum Gasteiger partial charge on any atom is 0.346 e. The number of amides is 1. The van der Waals surface area contributed by atoms with Crippen LogP contribution in [0.3, 0.4) is 0 Å². The van der Waals surface area contributed by atoms with Crippen molar-refractivity contribution in [2.24, 2.45) is 10.1 Å². The van der Waals surface area contributed by atoms with Gasteiger partial charge in [0, 0.05) is 18.0 Å². The number of esters is 1. The minimum Gasteiger partial charge on any atom is -0.421 e. The third kappa shape index (κ3) is 4.48. The van der Waals surface area contributed by atoms with E-state index in [0.717, 1.165) is 11.6 Å². The van der Waals surface area contributed by atoms with E-state index in [0.29, 0.717) is 10.6 Å². The van der Waals surface area contributed by atoms with Crippen LogP contribution in [0.5, 0.6) is 5.75 Å². The molecule has 0 bridgehead atoms. The number of benzene rings is 2.